The van der Waals surface area contributed by atoms with Crippen molar-refractivity contribution in [3.63, 3.8) is 0 Å². The molecule has 4 heteroatoms. The zero-order valence-corrected chi connectivity index (χ0v) is 13.9. The third-order valence-electron chi connectivity index (χ3n) is 3.40. The summed E-state index contributed by atoms with van der Waals surface area (Å²) in [5.74, 6) is -0.490. The van der Waals surface area contributed by atoms with Gasteiger partial charge in [0, 0.05) is 16.1 Å². The lowest BCUT2D eigenvalue weighted by atomic mass is 9.79. The van der Waals surface area contributed by atoms with Gasteiger partial charge < -0.3 is 0 Å². The standard InChI is InChI=1S/C16H14Br2F2/c17-10-16(11-18,13-2-1-3-15(20)8-13)9-12-4-6-14(19)7-5-12/h1-8H,9-11H2. The van der Waals surface area contributed by atoms with Gasteiger partial charge >= 0.3 is 0 Å². The molecule has 2 rings (SSSR count). The molecule has 0 N–H and O–H groups in total. The molecule has 0 saturated carbocycles. The second-order valence-electron chi connectivity index (χ2n) is 4.86. The van der Waals surface area contributed by atoms with Crippen LogP contribution in [0.3, 0.4) is 0 Å². The Morgan fingerprint density at radius 2 is 1.50 bits per heavy atom. The van der Waals surface area contributed by atoms with E-state index in [0.717, 1.165) is 11.1 Å². The van der Waals surface area contributed by atoms with E-state index >= 15 is 0 Å². The van der Waals surface area contributed by atoms with E-state index in [9.17, 15) is 8.78 Å². The quantitative estimate of drug-likeness (QED) is 0.599. The van der Waals surface area contributed by atoms with Crippen LogP contribution in [0.4, 0.5) is 8.78 Å². The fraction of sp³-hybridized carbons (Fsp3) is 0.250. The lowest BCUT2D eigenvalue weighted by Gasteiger charge is -2.31. The minimum Gasteiger partial charge on any atom is -0.207 e. The molecule has 0 heterocycles. The van der Waals surface area contributed by atoms with Crippen LogP contribution in [0.15, 0.2) is 48.5 Å². The molecule has 0 spiro atoms. The highest BCUT2D eigenvalue weighted by Gasteiger charge is 2.30. The van der Waals surface area contributed by atoms with Gasteiger partial charge in [-0.2, -0.15) is 0 Å². The summed E-state index contributed by atoms with van der Waals surface area (Å²) in [7, 11) is 0. The first-order valence-electron chi connectivity index (χ1n) is 6.22. The Labute approximate surface area is 134 Å². The molecule has 0 saturated heterocycles. The third kappa shape index (κ3) is 3.47. The molecule has 0 amide bonds. The second kappa shape index (κ2) is 6.81. The van der Waals surface area contributed by atoms with Crippen LogP contribution in [0.25, 0.3) is 0 Å². The summed E-state index contributed by atoms with van der Waals surface area (Å²) in [6, 6.07) is 13.1. The Kier molecular flexibility index (Phi) is 5.33. The molecule has 0 bridgehead atoms. The fourth-order valence-electron chi connectivity index (χ4n) is 2.20. The maximum atomic E-state index is 13.5. The number of benzene rings is 2. The normalized spacial score (nSPS) is 11.6. The number of hydrogen-bond acceptors (Lipinski definition) is 0. The second-order valence-corrected chi connectivity index (χ2v) is 5.98. The van der Waals surface area contributed by atoms with Gasteiger partial charge in [-0.25, -0.2) is 8.78 Å². The van der Waals surface area contributed by atoms with Crippen molar-refractivity contribution >= 4 is 31.9 Å². The zero-order valence-electron chi connectivity index (χ0n) is 10.8. The highest BCUT2D eigenvalue weighted by atomic mass is 79.9. The van der Waals surface area contributed by atoms with Gasteiger partial charge in [0.25, 0.3) is 0 Å². The first-order chi connectivity index (χ1) is 9.59. The first kappa shape index (κ1) is 15.6. The smallest absolute Gasteiger partial charge is 0.123 e. The van der Waals surface area contributed by atoms with E-state index < -0.39 is 0 Å². The van der Waals surface area contributed by atoms with E-state index in [1.165, 1.54) is 18.2 Å². The summed E-state index contributed by atoms with van der Waals surface area (Å²) in [6.45, 7) is 0. The minimum atomic E-state index is -0.264. The van der Waals surface area contributed by atoms with E-state index in [-0.39, 0.29) is 17.0 Å². The van der Waals surface area contributed by atoms with Crippen LogP contribution in [0.2, 0.25) is 0 Å². The van der Waals surface area contributed by atoms with Crippen molar-refractivity contribution in [2.45, 2.75) is 11.8 Å². The van der Waals surface area contributed by atoms with Crippen molar-refractivity contribution < 1.29 is 8.78 Å². The Balaban J connectivity index is 2.36. The maximum absolute atomic E-state index is 13.5. The molecule has 0 atom stereocenters. The molecule has 2 aromatic rings. The predicted molar refractivity (Wildman–Crippen MR) is 85.8 cm³/mol. The van der Waals surface area contributed by atoms with Gasteiger partial charge in [-0.15, -0.1) is 0 Å². The van der Waals surface area contributed by atoms with E-state index in [1.807, 2.05) is 6.07 Å². The van der Waals surface area contributed by atoms with Gasteiger partial charge in [-0.1, -0.05) is 56.1 Å². The molecular weight excluding hydrogens is 390 g/mol. The summed E-state index contributed by atoms with van der Waals surface area (Å²) < 4.78 is 26.5. The van der Waals surface area contributed by atoms with Crippen LogP contribution in [0, 0.1) is 11.6 Å². The van der Waals surface area contributed by atoms with Crippen molar-refractivity contribution in [1.82, 2.24) is 0 Å². The van der Waals surface area contributed by atoms with Crippen LogP contribution in [0.5, 0.6) is 0 Å². The zero-order chi connectivity index (χ0) is 14.6. The Bertz CT molecular complexity index is 563. The van der Waals surface area contributed by atoms with Crippen LogP contribution in [0.1, 0.15) is 11.1 Å². The average Bonchev–Trinajstić information content (AvgIpc) is 2.47. The maximum Gasteiger partial charge on any atom is 0.123 e. The minimum absolute atomic E-state index is 0.243. The molecule has 0 radical (unpaired) electrons. The van der Waals surface area contributed by atoms with Crippen LogP contribution in [-0.2, 0) is 11.8 Å². The third-order valence-corrected chi connectivity index (χ3v) is 5.55. The molecule has 2 aromatic carbocycles. The number of hydrogen-bond donors (Lipinski definition) is 0. The van der Waals surface area contributed by atoms with E-state index in [0.29, 0.717) is 17.1 Å². The van der Waals surface area contributed by atoms with E-state index in [1.54, 1.807) is 24.3 Å². The number of alkyl halides is 2. The monoisotopic (exact) mass is 402 g/mol. The summed E-state index contributed by atoms with van der Waals surface area (Å²) in [4.78, 5) is 0. The van der Waals surface area contributed by atoms with Crippen molar-refractivity contribution in [1.29, 1.82) is 0 Å². The fourth-order valence-corrected chi connectivity index (χ4v) is 4.17. The van der Waals surface area contributed by atoms with Crippen LogP contribution in [-0.4, -0.2) is 10.7 Å². The van der Waals surface area contributed by atoms with Crippen molar-refractivity contribution in [2.75, 3.05) is 10.7 Å². The molecule has 106 valence electrons. The predicted octanol–water partition coefficient (Wildman–Crippen LogP) is 5.24. The van der Waals surface area contributed by atoms with Gasteiger partial charge in [0.2, 0.25) is 0 Å². The SMILES string of the molecule is Fc1ccc(CC(CBr)(CBr)c2cccc(F)c2)cc1. The molecule has 0 aliphatic rings. The number of rotatable bonds is 5. The van der Waals surface area contributed by atoms with Crippen molar-refractivity contribution in [3.05, 3.63) is 71.3 Å². The lowest BCUT2D eigenvalue weighted by molar-refractivity contribution is 0.540. The molecular formula is C16H14Br2F2. The first-order valence-corrected chi connectivity index (χ1v) is 8.46. The molecule has 0 aliphatic carbocycles. The Morgan fingerprint density at radius 3 is 2.05 bits per heavy atom. The van der Waals surface area contributed by atoms with E-state index in [4.69, 9.17) is 0 Å². The highest BCUT2D eigenvalue weighted by molar-refractivity contribution is 9.09. The molecule has 0 unspecified atom stereocenters. The molecule has 0 fully saturated rings. The molecule has 0 aliphatic heterocycles. The largest absolute Gasteiger partial charge is 0.207 e. The van der Waals surface area contributed by atoms with Gasteiger partial charge in [-0.3, -0.25) is 0 Å². The van der Waals surface area contributed by atoms with Crippen molar-refractivity contribution in [3.8, 4) is 0 Å². The summed E-state index contributed by atoms with van der Waals surface area (Å²) in [5.41, 5.74) is 1.69. The van der Waals surface area contributed by atoms with Gasteiger partial charge in [-0.05, 0) is 41.8 Å². The van der Waals surface area contributed by atoms with E-state index in [2.05, 4.69) is 31.9 Å². The van der Waals surface area contributed by atoms with Gasteiger partial charge in [0.05, 0.1) is 0 Å². The molecule has 20 heavy (non-hydrogen) atoms. The topological polar surface area (TPSA) is 0 Å². The van der Waals surface area contributed by atoms with Gasteiger partial charge in [0.1, 0.15) is 11.6 Å². The summed E-state index contributed by atoms with van der Waals surface area (Å²) >= 11 is 7.08. The highest BCUT2D eigenvalue weighted by Crippen LogP contribution is 2.33. The summed E-state index contributed by atoms with van der Waals surface area (Å²) in [5, 5.41) is 1.37. The average molecular weight is 404 g/mol. The molecule has 0 aromatic heterocycles. The number of halogens is 4. The van der Waals surface area contributed by atoms with Crippen LogP contribution >= 0.6 is 31.9 Å². The summed E-state index contributed by atoms with van der Waals surface area (Å²) in [6.07, 6.45) is 0.702. The van der Waals surface area contributed by atoms with Gasteiger partial charge in [0.15, 0.2) is 0 Å². The Hall–Kier alpha value is -0.740. The lowest BCUT2D eigenvalue weighted by Crippen LogP contribution is -2.33. The Morgan fingerprint density at radius 1 is 0.850 bits per heavy atom. The van der Waals surface area contributed by atoms with Crippen LogP contribution < -0.4 is 0 Å². The van der Waals surface area contributed by atoms with Crippen molar-refractivity contribution in [2.24, 2.45) is 0 Å². The molecule has 0 nitrogen and oxygen atoms in total.